The van der Waals surface area contributed by atoms with E-state index in [1.54, 1.807) is 4.68 Å². The Morgan fingerprint density at radius 3 is 2.52 bits per heavy atom. The monoisotopic (exact) mass is 379 g/mol. The highest BCUT2D eigenvalue weighted by Gasteiger charge is 2.24. The number of carbonyl (C=O) groups excluding carboxylic acids is 1. The van der Waals surface area contributed by atoms with E-state index >= 15 is 0 Å². The fourth-order valence-corrected chi connectivity index (χ4v) is 3.78. The molecule has 5 heteroatoms. The standard InChI is InChI=1S/C22H22ClN3O/c1-16-8-7-9-17(14-16)26-21(22(27)25-12-5-2-6-13-25)15-20(24-26)18-10-3-4-11-19(18)23/h3-4,7-11,14-15H,2,5-6,12-13H2,1H3. The van der Waals surface area contributed by atoms with Gasteiger partial charge in [0.1, 0.15) is 5.69 Å². The summed E-state index contributed by atoms with van der Waals surface area (Å²) in [6.07, 6.45) is 3.30. The van der Waals surface area contributed by atoms with Crippen molar-refractivity contribution in [1.29, 1.82) is 0 Å². The number of aromatic nitrogens is 2. The van der Waals surface area contributed by atoms with E-state index in [1.165, 1.54) is 6.42 Å². The molecule has 27 heavy (non-hydrogen) atoms. The normalized spacial score (nSPS) is 14.4. The molecule has 1 aliphatic rings. The third-order valence-corrected chi connectivity index (χ3v) is 5.30. The van der Waals surface area contributed by atoms with Gasteiger partial charge in [-0.3, -0.25) is 4.79 Å². The van der Waals surface area contributed by atoms with Crippen molar-refractivity contribution >= 4 is 17.5 Å². The Kier molecular flexibility index (Phi) is 4.99. The van der Waals surface area contributed by atoms with Crippen LogP contribution >= 0.6 is 11.6 Å². The average Bonchev–Trinajstić information content (AvgIpc) is 3.13. The van der Waals surface area contributed by atoms with Crippen LogP contribution < -0.4 is 0 Å². The van der Waals surface area contributed by atoms with Crippen LogP contribution in [0.5, 0.6) is 0 Å². The second-order valence-corrected chi connectivity index (χ2v) is 7.41. The molecule has 1 saturated heterocycles. The fraction of sp³-hybridized carbons (Fsp3) is 0.273. The number of amides is 1. The lowest BCUT2D eigenvalue weighted by Crippen LogP contribution is -2.36. The van der Waals surface area contributed by atoms with Gasteiger partial charge in [-0.15, -0.1) is 0 Å². The van der Waals surface area contributed by atoms with E-state index in [0.717, 1.165) is 42.7 Å². The molecule has 1 fully saturated rings. The Morgan fingerprint density at radius 2 is 1.78 bits per heavy atom. The number of hydrogen-bond acceptors (Lipinski definition) is 2. The molecule has 0 spiro atoms. The average molecular weight is 380 g/mol. The van der Waals surface area contributed by atoms with Crippen molar-refractivity contribution in [3.63, 3.8) is 0 Å². The van der Waals surface area contributed by atoms with Crippen molar-refractivity contribution in [3.8, 4) is 16.9 Å². The molecule has 4 rings (SSSR count). The largest absolute Gasteiger partial charge is 0.337 e. The number of piperidine rings is 1. The maximum absolute atomic E-state index is 13.2. The number of aryl methyl sites for hydroxylation is 1. The summed E-state index contributed by atoms with van der Waals surface area (Å²) in [5.74, 6) is 0.0296. The molecule has 2 aromatic carbocycles. The third-order valence-electron chi connectivity index (χ3n) is 4.97. The fourth-order valence-electron chi connectivity index (χ4n) is 3.55. The van der Waals surface area contributed by atoms with Crippen LogP contribution in [-0.4, -0.2) is 33.7 Å². The van der Waals surface area contributed by atoms with E-state index in [0.29, 0.717) is 16.4 Å². The summed E-state index contributed by atoms with van der Waals surface area (Å²) in [5, 5.41) is 5.38. The summed E-state index contributed by atoms with van der Waals surface area (Å²) in [6, 6.07) is 17.5. The molecule has 0 unspecified atom stereocenters. The topological polar surface area (TPSA) is 38.1 Å². The van der Waals surface area contributed by atoms with E-state index < -0.39 is 0 Å². The minimum absolute atomic E-state index is 0.0296. The number of carbonyl (C=O) groups is 1. The molecule has 138 valence electrons. The van der Waals surface area contributed by atoms with Gasteiger partial charge in [-0.05, 0) is 56.0 Å². The van der Waals surface area contributed by atoms with Gasteiger partial charge in [0.15, 0.2) is 0 Å². The highest BCUT2D eigenvalue weighted by atomic mass is 35.5. The highest BCUT2D eigenvalue weighted by molar-refractivity contribution is 6.33. The number of halogens is 1. The molecular weight excluding hydrogens is 358 g/mol. The Hall–Kier alpha value is -2.59. The summed E-state index contributed by atoms with van der Waals surface area (Å²) in [7, 11) is 0. The van der Waals surface area contributed by atoms with Gasteiger partial charge in [0.2, 0.25) is 0 Å². The van der Waals surface area contributed by atoms with Crippen molar-refractivity contribution in [3.05, 3.63) is 70.9 Å². The van der Waals surface area contributed by atoms with Gasteiger partial charge < -0.3 is 4.90 Å². The number of nitrogens with zero attached hydrogens (tertiary/aromatic N) is 3. The van der Waals surface area contributed by atoms with E-state index in [2.05, 4.69) is 0 Å². The molecule has 1 aliphatic heterocycles. The predicted molar refractivity (Wildman–Crippen MR) is 109 cm³/mol. The first-order valence-electron chi connectivity index (χ1n) is 9.35. The van der Waals surface area contributed by atoms with Crippen LogP contribution in [-0.2, 0) is 0 Å². The SMILES string of the molecule is Cc1cccc(-n2nc(-c3ccccc3Cl)cc2C(=O)N2CCCCC2)c1. The molecule has 0 atom stereocenters. The lowest BCUT2D eigenvalue weighted by Gasteiger charge is -2.26. The molecule has 4 nitrogen and oxygen atoms in total. The van der Waals surface area contributed by atoms with Crippen LogP contribution in [0.3, 0.4) is 0 Å². The maximum Gasteiger partial charge on any atom is 0.272 e. The summed E-state index contributed by atoms with van der Waals surface area (Å²) >= 11 is 6.38. The maximum atomic E-state index is 13.2. The first-order chi connectivity index (χ1) is 13.1. The van der Waals surface area contributed by atoms with Crippen LogP contribution in [0.25, 0.3) is 16.9 Å². The zero-order valence-electron chi connectivity index (χ0n) is 15.4. The van der Waals surface area contributed by atoms with Crippen molar-refractivity contribution < 1.29 is 4.79 Å². The molecule has 0 saturated carbocycles. The molecule has 1 aromatic heterocycles. The second-order valence-electron chi connectivity index (χ2n) is 7.00. The Morgan fingerprint density at radius 1 is 1.00 bits per heavy atom. The lowest BCUT2D eigenvalue weighted by atomic mass is 10.1. The molecule has 2 heterocycles. The van der Waals surface area contributed by atoms with E-state index in [-0.39, 0.29) is 5.91 Å². The van der Waals surface area contributed by atoms with Crippen LogP contribution in [0.4, 0.5) is 0 Å². The van der Waals surface area contributed by atoms with E-state index in [9.17, 15) is 4.79 Å². The van der Waals surface area contributed by atoms with Crippen LogP contribution in [0.15, 0.2) is 54.6 Å². The lowest BCUT2D eigenvalue weighted by molar-refractivity contribution is 0.0715. The molecule has 0 bridgehead atoms. The number of benzene rings is 2. The highest BCUT2D eigenvalue weighted by Crippen LogP contribution is 2.29. The first-order valence-corrected chi connectivity index (χ1v) is 9.72. The van der Waals surface area contributed by atoms with Crippen molar-refractivity contribution in [1.82, 2.24) is 14.7 Å². The Balaban J connectivity index is 1.82. The van der Waals surface area contributed by atoms with E-state index in [4.69, 9.17) is 16.7 Å². The molecular formula is C22H22ClN3O. The Bertz CT molecular complexity index is 973. The smallest absolute Gasteiger partial charge is 0.272 e. The van der Waals surface area contributed by atoms with Crippen LogP contribution in [0.1, 0.15) is 35.3 Å². The molecule has 0 N–H and O–H groups in total. The molecule has 0 radical (unpaired) electrons. The molecule has 0 aliphatic carbocycles. The van der Waals surface area contributed by atoms with Gasteiger partial charge in [-0.2, -0.15) is 5.10 Å². The van der Waals surface area contributed by atoms with Gasteiger partial charge in [-0.25, -0.2) is 4.68 Å². The van der Waals surface area contributed by atoms with E-state index in [1.807, 2.05) is 66.4 Å². The van der Waals surface area contributed by atoms with Gasteiger partial charge in [-0.1, -0.05) is 41.9 Å². The van der Waals surface area contributed by atoms with Gasteiger partial charge in [0.25, 0.3) is 5.91 Å². The quantitative estimate of drug-likeness (QED) is 0.632. The third kappa shape index (κ3) is 3.62. The zero-order valence-corrected chi connectivity index (χ0v) is 16.1. The first kappa shape index (κ1) is 17.8. The van der Waals surface area contributed by atoms with Crippen LogP contribution in [0.2, 0.25) is 5.02 Å². The van der Waals surface area contributed by atoms with Gasteiger partial charge in [0, 0.05) is 18.7 Å². The number of hydrogen-bond donors (Lipinski definition) is 0. The summed E-state index contributed by atoms with van der Waals surface area (Å²) in [5.41, 5.74) is 4.13. The summed E-state index contributed by atoms with van der Waals surface area (Å²) in [4.78, 5) is 15.2. The predicted octanol–water partition coefficient (Wildman–Crippen LogP) is 5.13. The van der Waals surface area contributed by atoms with Crippen molar-refractivity contribution in [2.75, 3.05) is 13.1 Å². The van der Waals surface area contributed by atoms with Crippen molar-refractivity contribution in [2.24, 2.45) is 0 Å². The van der Waals surface area contributed by atoms with Gasteiger partial charge >= 0.3 is 0 Å². The minimum atomic E-state index is 0.0296. The number of likely N-dealkylation sites (tertiary alicyclic amines) is 1. The minimum Gasteiger partial charge on any atom is -0.337 e. The van der Waals surface area contributed by atoms with Gasteiger partial charge in [0.05, 0.1) is 16.4 Å². The molecule has 3 aromatic rings. The summed E-state index contributed by atoms with van der Waals surface area (Å²) < 4.78 is 1.75. The Labute approximate surface area is 164 Å². The van der Waals surface area contributed by atoms with Crippen LogP contribution in [0, 0.1) is 6.92 Å². The summed E-state index contributed by atoms with van der Waals surface area (Å²) in [6.45, 7) is 3.65. The number of rotatable bonds is 3. The second kappa shape index (κ2) is 7.57. The molecule has 1 amide bonds. The van der Waals surface area contributed by atoms with Crippen molar-refractivity contribution in [2.45, 2.75) is 26.2 Å². The zero-order chi connectivity index (χ0) is 18.8.